The molecule has 0 N–H and O–H groups in total. The Labute approximate surface area is 121 Å². The summed E-state index contributed by atoms with van der Waals surface area (Å²) in [4.78, 5) is 17.9. The van der Waals surface area contributed by atoms with E-state index in [2.05, 4.69) is 11.9 Å². The van der Waals surface area contributed by atoms with Gasteiger partial charge in [0.25, 0.3) is 0 Å². The number of hydrogen-bond acceptors (Lipinski definition) is 5. The molecule has 2 rings (SSSR count). The van der Waals surface area contributed by atoms with Crippen molar-refractivity contribution in [2.75, 3.05) is 13.2 Å². The number of nitrogens with zero attached hydrogens (tertiary/aromatic N) is 2. The van der Waals surface area contributed by atoms with Crippen LogP contribution >= 0.6 is 0 Å². The minimum Gasteiger partial charge on any atom is -0.462 e. The lowest BCUT2D eigenvalue weighted by Gasteiger charge is -2.21. The van der Waals surface area contributed by atoms with Crippen LogP contribution in [-0.2, 0) is 20.3 Å². The standard InChI is InChI=1S/C14H20N2O3S/c1-3-5-6-7-11-8-15-14-16(9-11)10-12(20(14)18)13(17)19-4-2/h8,10H,3-7,9H2,1-2H3. The first-order chi connectivity index (χ1) is 9.67. The zero-order valence-corrected chi connectivity index (χ0v) is 12.7. The van der Waals surface area contributed by atoms with Gasteiger partial charge in [-0.25, -0.2) is 14.0 Å². The molecule has 0 saturated carbocycles. The van der Waals surface area contributed by atoms with Gasteiger partial charge in [-0.05, 0) is 25.3 Å². The number of unbranched alkanes of at least 4 members (excludes halogenated alkanes) is 2. The summed E-state index contributed by atoms with van der Waals surface area (Å²) in [5, 5.41) is 0.437. The number of rotatable bonds is 6. The van der Waals surface area contributed by atoms with E-state index in [1.165, 1.54) is 18.4 Å². The van der Waals surface area contributed by atoms with E-state index in [-0.39, 0.29) is 11.5 Å². The molecule has 0 aliphatic carbocycles. The molecule has 0 aromatic carbocycles. The van der Waals surface area contributed by atoms with Gasteiger partial charge in [0.1, 0.15) is 15.7 Å². The Hall–Kier alpha value is -1.43. The molecule has 5 nitrogen and oxygen atoms in total. The molecule has 0 radical (unpaired) electrons. The molecule has 6 heteroatoms. The van der Waals surface area contributed by atoms with Crippen LogP contribution in [0.2, 0.25) is 0 Å². The summed E-state index contributed by atoms with van der Waals surface area (Å²) >= 11 is 0. The molecule has 0 amide bonds. The molecule has 0 aromatic heterocycles. The quantitative estimate of drug-likeness (QED) is 0.557. The number of amidine groups is 1. The number of esters is 1. The lowest BCUT2D eigenvalue weighted by Crippen LogP contribution is -2.28. The van der Waals surface area contributed by atoms with E-state index in [4.69, 9.17) is 4.74 Å². The second-order valence-corrected chi connectivity index (χ2v) is 6.11. The summed E-state index contributed by atoms with van der Waals surface area (Å²) in [6, 6.07) is 0. The average Bonchev–Trinajstić information content (AvgIpc) is 2.76. The number of carbonyl (C=O) groups is 1. The number of fused-ring (bicyclic) bond motifs is 1. The first-order valence-electron chi connectivity index (χ1n) is 7.00. The minimum atomic E-state index is -1.51. The Bertz CT molecular complexity index is 509. The Morgan fingerprint density at radius 2 is 2.25 bits per heavy atom. The predicted molar refractivity (Wildman–Crippen MR) is 79.2 cm³/mol. The topological polar surface area (TPSA) is 59.0 Å². The fourth-order valence-electron chi connectivity index (χ4n) is 2.17. The van der Waals surface area contributed by atoms with Crippen molar-refractivity contribution in [1.29, 1.82) is 0 Å². The highest BCUT2D eigenvalue weighted by Gasteiger charge is 2.34. The maximum atomic E-state index is 12.2. The molecule has 1 atom stereocenters. The fourth-order valence-corrected chi connectivity index (χ4v) is 3.28. The third-order valence-corrected chi connectivity index (χ3v) is 4.54. The molecule has 1 unspecified atom stereocenters. The second kappa shape index (κ2) is 6.83. The molecule has 0 saturated heterocycles. The van der Waals surface area contributed by atoms with Gasteiger partial charge in [0.2, 0.25) is 5.17 Å². The Morgan fingerprint density at radius 1 is 1.45 bits per heavy atom. The van der Waals surface area contributed by atoms with Crippen LogP contribution in [0.1, 0.15) is 39.5 Å². The zero-order chi connectivity index (χ0) is 14.5. The lowest BCUT2D eigenvalue weighted by molar-refractivity contribution is -0.137. The molecule has 2 aliphatic heterocycles. The van der Waals surface area contributed by atoms with Crippen molar-refractivity contribution in [3.05, 3.63) is 22.9 Å². The van der Waals surface area contributed by atoms with Crippen LogP contribution in [0.3, 0.4) is 0 Å². The average molecular weight is 296 g/mol. The largest absolute Gasteiger partial charge is 0.462 e. The van der Waals surface area contributed by atoms with Crippen LogP contribution in [0.25, 0.3) is 0 Å². The van der Waals surface area contributed by atoms with Gasteiger partial charge >= 0.3 is 5.97 Å². The second-order valence-electron chi connectivity index (χ2n) is 4.77. The zero-order valence-electron chi connectivity index (χ0n) is 11.9. The van der Waals surface area contributed by atoms with Gasteiger partial charge in [-0.3, -0.25) is 0 Å². The van der Waals surface area contributed by atoms with Crippen LogP contribution in [0, 0.1) is 0 Å². The Kier molecular flexibility index (Phi) is 5.11. The van der Waals surface area contributed by atoms with Crippen molar-refractivity contribution in [2.24, 2.45) is 4.99 Å². The number of ether oxygens (including phenoxy) is 1. The van der Waals surface area contributed by atoms with Gasteiger partial charge < -0.3 is 9.64 Å². The predicted octanol–water partition coefficient (Wildman–Crippen LogP) is 2.29. The molecule has 0 aromatic rings. The van der Waals surface area contributed by atoms with E-state index in [0.29, 0.717) is 11.7 Å². The van der Waals surface area contributed by atoms with Crippen LogP contribution in [0.4, 0.5) is 0 Å². The van der Waals surface area contributed by atoms with Crippen molar-refractivity contribution in [2.45, 2.75) is 39.5 Å². The van der Waals surface area contributed by atoms with Crippen molar-refractivity contribution in [3.63, 3.8) is 0 Å². The first-order valence-corrected chi connectivity index (χ1v) is 8.15. The number of carbonyl (C=O) groups excluding carboxylic acids is 1. The molecular formula is C14H20N2O3S. The van der Waals surface area contributed by atoms with E-state index in [9.17, 15) is 9.00 Å². The SMILES string of the molecule is CCCCCC1=CN=C2N(C=C(C(=O)OCC)S2=O)C1. The molecule has 0 fully saturated rings. The highest BCUT2D eigenvalue weighted by Crippen LogP contribution is 2.25. The maximum absolute atomic E-state index is 12.2. The maximum Gasteiger partial charge on any atom is 0.349 e. The Balaban J connectivity index is 2.04. The molecule has 0 bridgehead atoms. The molecular weight excluding hydrogens is 276 g/mol. The fraction of sp³-hybridized carbons (Fsp3) is 0.571. The van der Waals surface area contributed by atoms with Crippen LogP contribution in [-0.4, -0.2) is 33.4 Å². The van der Waals surface area contributed by atoms with Gasteiger partial charge in [0.15, 0.2) is 0 Å². The Morgan fingerprint density at radius 3 is 2.95 bits per heavy atom. The minimum absolute atomic E-state index is 0.189. The van der Waals surface area contributed by atoms with Gasteiger partial charge in [-0.15, -0.1) is 0 Å². The van der Waals surface area contributed by atoms with Crippen LogP contribution in [0.5, 0.6) is 0 Å². The summed E-state index contributed by atoms with van der Waals surface area (Å²) in [7, 11) is -1.51. The summed E-state index contributed by atoms with van der Waals surface area (Å²) in [6.07, 6.45) is 7.92. The summed E-state index contributed by atoms with van der Waals surface area (Å²) in [5.41, 5.74) is 1.21. The van der Waals surface area contributed by atoms with Crippen molar-refractivity contribution in [1.82, 2.24) is 4.90 Å². The third-order valence-electron chi connectivity index (χ3n) is 3.19. The lowest BCUT2D eigenvalue weighted by atomic mass is 10.1. The smallest absolute Gasteiger partial charge is 0.349 e. The van der Waals surface area contributed by atoms with Crippen molar-refractivity contribution < 1.29 is 13.7 Å². The normalized spacial score (nSPS) is 21.0. The highest BCUT2D eigenvalue weighted by molar-refractivity contribution is 8.05. The van der Waals surface area contributed by atoms with Crippen molar-refractivity contribution in [3.8, 4) is 0 Å². The van der Waals surface area contributed by atoms with E-state index < -0.39 is 16.8 Å². The van der Waals surface area contributed by atoms with Gasteiger partial charge in [0.05, 0.1) is 6.61 Å². The van der Waals surface area contributed by atoms with E-state index in [1.54, 1.807) is 24.2 Å². The number of aliphatic imine (C=N–C) groups is 1. The molecule has 0 spiro atoms. The highest BCUT2D eigenvalue weighted by atomic mass is 32.2. The van der Waals surface area contributed by atoms with Crippen LogP contribution < -0.4 is 0 Å². The van der Waals surface area contributed by atoms with E-state index >= 15 is 0 Å². The van der Waals surface area contributed by atoms with Gasteiger partial charge in [-0.2, -0.15) is 0 Å². The first kappa shape index (κ1) is 15.0. The molecule has 20 heavy (non-hydrogen) atoms. The van der Waals surface area contributed by atoms with E-state index in [0.717, 1.165) is 12.8 Å². The van der Waals surface area contributed by atoms with Gasteiger partial charge in [-0.1, -0.05) is 19.8 Å². The molecule has 2 heterocycles. The third kappa shape index (κ3) is 3.17. The molecule has 110 valence electrons. The van der Waals surface area contributed by atoms with Crippen molar-refractivity contribution >= 4 is 21.9 Å². The van der Waals surface area contributed by atoms with Gasteiger partial charge in [0, 0.05) is 18.9 Å². The molecule has 2 aliphatic rings. The summed E-state index contributed by atoms with van der Waals surface area (Å²) in [6.45, 7) is 4.84. The number of hydrogen-bond donors (Lipinski definition) is 0. The van der Waals surface area contributed by atoms with E-state index in [1.807, 2.05) is 0 Å². The van der Waals surface area contributed by atoms with Crippen LogP contribution in [0.15, 0.2) is 27.9 Å². The summed E-state index contributed by atoms with van der Waals surface area (Å²) in [5.74, 6) is -0.518. The monoisotopic (exact) mass is 296 g/mol. The summed E-state index contributed by atoms with van der Waals surface area (Å²) < 4.78 is 17.1.